The van der Waals surface area contributed by atoms with Crippen LogP contribution >= 0.6 is 0 Å². The Labute approximate surface area is 179 Å². The Morgan fingerprint density at radius 1 is 1.00 bits per heavy atom. The fraction of sp³-hybridized carbons (Fsp3) is 0.208. The highest BCUT2D eigenvalue weighted by Crippen LogP contribution is 2.44. The number of rotatable bonds is 7. The number of carbonyl (C=O) groups excluding carboxylic acids is 1. The maximum absolute atomic E-state index is 12.3. The first kappa shape index (κ1) is 20.4. The Hall–Kier alpha value is -3.87. The topological polar surface area (TPSA) is 97.8 Å². The molecule has 0 saturated heterocycles. The summed E-state index contributed by atoms with van der Waals surface area (Å²) in [5, 5.41) is 11.7. The van der Waals surface area contributed by atoms with Crippen molar-refractivity contribution in [1.29, 1.82) is 0 Å². The van der Waals surface area contributed by atoms with Crippen molar-refractivity contribution in [3.63, 3.8) is 0 Å². The van der Waals surface area contributed by atoms with E-state index < -0.39 is 12.1 Å². The Kier molecular flexibility index (Phi) is 5.84. The van der Waals surface area contributed by atoms with E-state index in [-0.39, 0.29) is 36.7 Å². The minimum atomic E-state index is -1.13. The molecular formula is C24H22N2O5. The molecule has 1 heterocycles. The molecule has 1 unspecified atom stereocenters. The summed E-state index contributed by atoms with van der Waals surface area (Å²) in [6.07, 6.45) is -0.537. The van der Waals surface area contributed by atoms with Gasteiger partial charge in [0.1, 0.15) is 13.2 Å². The first-order valence-corrected chi connectivity index (χ1v) is 9.97. The van der Waals surface area contributed by atoms with E-state index in [2.05, 4.69) is 34.6 Å². The lowest BCUT2D eigenvalue weighted by Gasteiger charge is -2.17. The maximum atomic E-state index is 12.3. The standard InChI is InChI=1S/C24H22N2O5/c1-15(13-30-22-12-6-11-21(26-22)23(27)28)25-24(29)31-14-20-18-9-4-2-7-16(18)17-8-3-5-10-19(17)20/h2-12,15,20H,13-14H2,1H3,(H,25,29)(H,27,28). The number of hydrogen-bond donors (Lipinski definition) is 2. The maximum Gasteiger partial charge on any atom is 0.407 e. The molecule has 0 bridgehead atoms. The molecule has 3 aromatic rings. The summed E-state index contributed by atoms with van der Waals surface area (Å²) in [4.78, 5) is 27.2. The zero-order chi connectivity index (χ0) is 21.8. The molecule has 0 saturated carbocycles. The molecule has 2 aromatic carbocycles. The number of carboxylic acids is 1. The smallest absolute Gasteiger partial charge is 0.407 e. The summed E-state index contributed by atoms with van der Waals surface area (Å²) in [6.45, 7) is 2.12. The molecule has 158 valence electrons. The third kappa shape index (κ3) is 4.50. The van der Waals surface area contributed by atoms with Crippen LogP contribution in [-0.4, -0.2) is 41.4 Å². The molecule has 1 aromatic heterocycles. The van der Waals surface area contributed by atoms with Crippen LogP contribution in [0.2, 0.25) is 0 Å². The Morgan fingerprint density at radius 3 is 2.29 bits per heavy atom. The Balaban J connectivity index is 1.31. The number of benzene rings is 2. The number of ether oxygens (including phenoxy) is 2. The number of hydrogen-bond acceptors (Lipinski definition) is 5. The van der Waals surface area contributed by atoms with Gasteiger partial charge in [-0.05, 0) is 35.2 Å². The molecule has 1 aliphatic rings. The van der Waals surface area contributed by atoms with Gasteiger partial charge in [-0.3, -0.25) is 0 Å². The van der Waals surface area contributed by atoms with Crippen molar-refractivity contribution in [3.8, 4) is 17.0 Å². The summed E-state index contributed by atoms with van der Waals surface area (Å²) < 4.78 is 11.0. The predicted molar refractivity (Wildman–Crippen MR) is 114 cm³/mol. The van der Waals surface area contributed by atoms with Crippen molar-refractivity contribution in [2.24, 2.45) is 0 Å². The van der Waals surface area contributed by atoms with Crippen LogP contribution in [0.5, 0.6) is 5.88 Å². The third-order valence-electron chi connectivity index (χ3n) is 5.13. The van der Waals surface area contributed by atoms with Crippen molar-refractivity contribution < 1.29 is 24.2 Å². The zero-order valence-corrected chi connectivity index (χ0v) is 16.9. The number of amides is 1. The number of pyridine rings is 1. The SMILES string of the molecule is CC(COc1cccc(C(=O)O)n1)NC(=O)OCC1c2ccccc2-c2ccccc21. The predicted octanol–water partition coefficient (Wildman–Crippen LogP) is 4.09. The second-order valence-corrected chi connectivity index (χ2v) is 7.35. The number of aromatic carboxylic acids is 1. The second-order valence-electron chi connectivity index (χ2n) is 7.35. The molecule has 1 atom stereocenters. The van der Waals surface area contributed by atoms with E-state index >= 15 is 0 Å². The number of nitrogens with zero attached hydrogens (tertiary/aromatic N) is 1. The third-order valence-corrected chi connectivity index (χ3v) is 5.13. The van der Waals surface area contributed by atoms with E-state index in [0.29, 0.717) is 0 Å². The van der Waals surface area contributed by atoms with Gasteiger partial charge in [-0.1, -0.05) is 54.6 Å². The number of carbonyl (C=O) groups is 2. The highest BCUT2D eigenvalue weighted by Gasteiger charge is 2.29. The lowest BCUT2D eigenvalue weighted by atomic mass is 9.98. The van der Waals surface area contributed by atoms with Crippen LogP contribution in [0.25, 0.3) is 11.1 Å². The largest absolute Gasteiger partial charge is 0.477 e. The van der Waals surface area contributed by atoms with E-state index in [1.165, 1.54) is 17.2 Å². The van der Waals surface area contributed by atoms with Gasteiger partial charge in [0.05, 0.1) is 6.04 Å². The van der Waals surface area contributed by atoms with Gasteiger partial charge in [-0.25, -0.2) is 14.6 Å². The highest BCUT2D eigenvalue weighted by molar-refractivity contribution is 5.85. The molecule has 7 nitrogen and oxygen atoms in total. The average molecular weight is 418 g/mol. The second kappa shape index (κ2) is 8.87. The summed E-state index contributed by atoms with van der Waals surface area (Å²) in [5.74, 6) is -0.955. The molecular weight excluding hydrogens is 396 g/mol. The van der Waals surface area contributed by atoms with E-state index in [4.69, 9.17) is 14.6 Å². The first-order valence-electron chi connectivity index (χ1n) is 9.97. The fourth-order valence-electron chi connectivity index (χ4n) is 3.71. The summed E-state index contributed by atoms with van der Waals surface area (Å²) in [7, 11) is 0. The Morgan fingerprint density at radius 2 is 1.65 bits per heavy atom. The van der Waals surface area contributed by atoms with Crippen molar-refractivity contribution in [1.82, 2.24) is 10.3 Å². The number of carboxylic acid groups (broad SMARTS) is 1. The van der Waals surface area contributed by atoms with Gasteiger partial charge in [-0.2, -0.15) is 0 Å². The minimum absolute atomic E-state index is 0.00679. The number of nitrogens with one attached hydrogen (secondary N) is 1. The molecule has 1 aliphatic carbocycles. The van der Waals surface area contributed by atoms with Crippen molar-refractivity contribution in [3.05, 3.63) is 83.6 Å². The Bertz CT molecular complexity index is 1070. The van der Waals surface area contributed by atoms with Gasteiger partial charge >= 0.3 is 12.1 Å². The van der Waals surface area contributed by atoms with E-state index in [1.807, 2.05) is 24.3 Å². The van der Waals surface area contributed by atoms with Crippen LogP contribution in [0.4, 0.5) is 4.79 Å². The molecule has 7 heteroatoms. The average Bonchev–Trinajstić information content (AvgIpc) is 3.10. The van der Waals surface area contributed by atoms with Gasteiger partial charge in [0.15, 0.2) is 5.69 Å². The molecule has 31 heavy (non-hydrogen) atoms. The molecule has 0 spiro atoms. The van der Waals surface area contributed by atoms with Crippen LogP contribution in [0, 0.1) is 0 Å². The molecule has 1 amide bonds. The van der Waals surface area contributed by atoms with Gasteiger partial charge in [0, 0.05) is 12.0 Å². The van der Waals surface area contributed by atoms with Gasteiger partial charge < -0.3 is 19.9 Å². The molecule has 2 N–H and O–H groups in total. The van der Waals surface area contributed by atoms with Crippen LogP contribution in [-0.2, 0) is 4.74 Å². The van der Waals surface area contributed by atoms with E-state index in [9.17, 15) is 9.59 Å². The summed E-state index contributed by atoms with van der Waals surface area (Å²) in [6, 6.07) is 20.4. The lowest BCUT2D eigenvalue weighted by molar-refractivity contribution is 0.0689. The van der Waals surface area contributed by atoms with Crippen LogP contribution in [0.1, 0.15) is 34.5 Å². The van der Waals surface area contributed by atoms with Crippen molar-refractivity contribution in [2.45, 2.75) is 18.9 Å². The van der Waals surface area contributed by atoms with Gasteiger partial charge in [0.25, 0.3) is 0 Å². The molecule has 0 radical (unpaired) electrons. The van der Waals surface area contributed by atoms with Crippen LogP contribution in [0.3, 0.4) is 0 Å². The van der Waals surface area contributed by atoms with Crippen molar-refractivity contribution >= 4 is 12.1 Å². The summed E-state index contributed by atoms with van der Waals surface area (Å²) >= 11 is 0. The van der Waals surface area contributed by atoms with E-state index in [0.717, 1.165) is 11.1 Å². The number of aromatic nitrogens is 1. The van der Waals surface area contributed by atoms with Crippen LogP contribution in [0.15, 0.2) is 66.7 Å². The zero-order valence-electron chi connectivity index (χ0n) is 16.9. The lowest BCUT2D eigenvalue weighted by Crippen LogP contribution is -2.37. The first-order chi connectivity index (χ1) is 15.0. The van der Waals surface area contributed by atoms with Gasteiger partial charge in [-0.15, -0.1) is 0 Å². The van der Waals surface area contributed by atoms with E-state index in [1.54, 1.807) is 19.1 Å². The normalized spacial score (nSPS) is 13.1. The molecule has 0 fully saturated rings. The van der Waals surface area contributed by atoms with Crippen molar-refractivity contribution in [2.75, 3.05) is 13.2 Å². The van der Waals surface area contributed by atoms with Crippen LogP contribution < -0.4 is 10.1 Å². The number of fused-ring (bicyclic) bond motifs is 3. The fourth-order valence-corrected chi connectivity index (χ4v) is 3.71. The molecule has 4 rings (SSSR count). The number of alkyl carbamates (subject to hydrolysis) is 1. The molecule has 0 aliphatic heterocycles. The summed E-state index contributed by atoms with van der Waals surface area (Å²) in [5.41, 5.74) is 4.54. The monoisotopic (exact) mass is 418 g/mol. The minimum Gasteiger partial charge on any atom is -0.477 e. The van der Waals surface area contributed by atoms with Gasteiger partial charge in [0.2, 0.25) is 5.88 Å². The highest BCUT2D eigenvalue weighted by atomic mass is 16.5. The quantitative estimate of drug-likeness (QED) is 0.600.